The lowest BCUT2D eigenvalue weighted by Gasteiger charge is -2.18. The lowest BCUT2D eigenvalue weighted by molar-refractivity contribution is -0.167. The zero-order chi connectivity index (χ0) is 44.4. The SMILES string of the molecule is CCCCC/C=C\C/C=C\CCCCCCCC(=O)O[C@H](COC(=O)CCCCCCC/C=C\CCCCCC)COC(=O)CCCCCCCCCCCCCCCCC. The Morgan fingerprint density at radius 2 is 0.590 bits per heavy atom. The Morgan fingerprint density at radius 3 is 0.967 bits per heavy atom. The van der Waals surface area contributed by atoms with E-state index in [0.29, 0.717) is 19.3 Å². The summed E-state index contributed by atoms with van der Waals surface area (Å²) in [4.78, 5) is 38.0. The molecule has 0 spiro atoms. The van der Waals surface area contributed by atoms with Gasteiger partial charge in [-0.15, -0.1) is 0 Å². The molecule has 0 aromatic rings. The number of ether oxygens (including phenoxy) is 3. The average molecular weight is 857 g/mol. The Hall–Kier alpha value is -2.37. The number of esters is 3. The van der Waals surface area contributed by atoms with Gasteiger partial charge in [0.2, 0.25) is 0 Å². The van der Waals surface area contributed by atoms with E-state index in [1.54, 1.807) is 0 Å². The van der Waals surface area contributed by atoms with Crippen LogP contribution in [0, 0.1) is 0 Å². The fourth-order valence-electron chi connectivity index (χ4n) is 7.59. The van der Waals surface area contributed by atoms with Gasteiger partial charge in [0.1, 0.15) is 13.2 Å². The molecule has 0 bridgehead atoms. The normalized spacial score (nSPS) is 12.2. The van der Waals surface area contributed by atoms with Crippen LogP contribution in [-0.4, -0.2) is 37.2 Å². The van der Waals surface area contributed by atoms with Gasteiger partial charge in [0.05, 0.1) is 0 Å². The Balaban J connectivity index is 4.38. The Labute approximate surface area is 378 Å². The van der Waals surface area contributed by atoms with Crippen molar-refractivity contribution in [2.24, 2.45) is 0 Å². The summed E-state index contributed by atoms with van der Waals surface area (Å²) in [7, 11) is 0. The largest absolute Gasteiger partial charge is 0.462 e. The van der Waals surface area contributed by atoms with Crippen LogP contribution in [0.2, 0.25) is 0 Å². The molecule has 0 saturated heterocycles. The third-order valence-corrected chi connectivity index (χ3v) is 11.6. The van der Waals surface area contributed by atoms with E-state index in [1.165, 1.54) is 148 Å². The molecule has 0 saturated carbocycles. The highest BCUT2D eigenvalue weighted by molar-refractivity contribution is 5.71. The van der Waals surface area contributed by atoms with Gasteiger partial charge >= 0.3 is 17.9 Å². The summed E-state index contributed by atoms with van der Waals surface area (Å²) < 4.78 is 16.8. The van der Waals surface area contributed by atoms with Gasteiger partial charge in [-0.3, -0.25) is 14.4 Å². The molecule has 0 amide bonds. The minimum Gasteiger partial charge on any atom is -0.462 e. The minimum atomic E-state index is -0.779. The molecular formula is C55H100O6. The van der Waals surface area contributed by atoms with Crippen molar-refractivity contribution in [2.75, 3.05) is 13.2 Å². The molecule has 356 valence electrons. The second-order valence-electron chi connectivity index (χ2n) is 17.8. The van der Waals surface area contributed by atoms with Gasteiger partial charge < -0.3 is 14.2 Å². The highest BCUT2D eigenvalue weighted by Gasteiger charge is 2.19. The summed E-state index contributed by atoms with van der Waals surface area (Å²) >= 11 is 0. The van der Waals surface area contributed by atoms with Crippen LogP contribution < -0.4 is 0 Å². The number of hydrogen-bond acceptors (Lipinski definition) is 6. The summed E-state index contributed by atoms with van der Waals surface area (Å²) in [6.07, 6.45) is 58.3. The number of carbonyl (C=O) groups is 3. The molecule has 0 aliphatic rings. The van der Waals surface area contributed by atoms with Gasteiger partial charge in [-0.25, -0.2) is 0 Å². The van der Waals surface area contributed by atoms with Crippen molar-refractivity contribution in [3.8, 4) is 0 Å². The second-order valence-corrected chi connectivity index (χ2v) is 17.8. The average Bonchev–Trinajstić information content (AvgIpc) is 3.26. The van der Waals surface area contributed by atoms with Gasteiger partial charge in [0.25, 0.3) is 0 Å². The van der Waals surface area contributed by atoms with E-state index in [0.717, 1.165) is 89.9 Å². The molecule has 0 aromatic heterocycles. The fraction of sp³-hybridized carbons (Fsp3) is 0.836. The van der Waals surface area contributed by atoms with Crippen molar-refractivity contribution in [1.29, 1.82) is 0 Å². The first kappa shape index (κ1) is 58.6. The molecule has 0 rings (SSSR count). The molecule has 1 atom stereocenters. The Morgan fingerprint density at radius 1 is 0.328 bits per heavy atom. The van der Waals surface area contributed by atoms with Gasteiger partial charge in [-0.1, -0.05) is 218 Å². The van der Waals surface area contributed by atoms with Crippen molar-refractivity contribution >= 4 is 17.9 Å². The van der Waals surface area contributed by atoms with Crippen LogP contribution in [0.15, 0.2) is 36.5 Å². The molecule has 0 radical (unpaired) electrons. The van der Waals surface area contributed by atoms with Crippen molar-refractivity contribution in [3.05, 3.63) is 36.5 Å². The first-order chi connectivity index (χ1) is 30.0. The van der Waals surface area contributed by atoms with Crippen LogP contribution in [0.1, 0.15) is 278 Å². The maximum absolute atomic E-state index is 12.8. The lowest BCUT2D eigenvalue weighted by Crippen LogP contribution is -2.30. The van der Waals surface area contributed by atoms with Crippen LogP contribution >= 0.6 is 0 Å². The third-order valence-electron chi connectivity index (χ3n) is 11.6. The quantitative estimate of drug-likeness (QED) is 0.0262. The van der Waals surface area contributed by atoms with Gasteiger partial charge in [0.15, 0.2) is 6.10 Å². The summed E-state index contributed by atoms with van der Waals surface area (Å²) in [5, 5.41) is 0. The molecule has 61 heavy (non-hydrogen) atoms. The number of carbonyl (C=O) groups excluding carboxylic acids is 3. The first-order valence-corrected chi connectivity index (χ1v) is 26.5. The molecule has 0 fully saturated rings. The van der Waals surface area contributed by atoms with E-state index in [9.17, 15) is 14.4 Å². The van der Waals surface area contributed by atoms with E-state index in [2.05, 4.69) is 57.2 Å². The van der Waals surface area contributed by atoms with Crippen LogP contribution in [-0.2, 0) is 28.6 Å². The number of unbranched alkanes of at least 4 members (excludes halogenated alkanes) is 31. The van der Waals surface area contributed by atoms with Crippen LogP contribution in [0.3, 0.4) is 0 Å². The van der Waals surface area contributed by atoms with Gasteiger partial charge in [-0.2, -0.15) is 0 Å². The summed E-state index contributed by atoms with van der Waals surface area (Å²) in [5.74, 6) is -0.889. The van der Waals surface area contributed by atoms with Crippen molar-refractivity contribution in [1.82, 2.24) is 0 Å². The standard InChI is InChI=1S/C55H100O6/c1-4-7-10-13-16-19-22-25-27-30-33-36-39-42-45-48-54(57)60-51-52(50-59-53(56)47-44-41-38-35-32-29-24-21-18-15-12-9-6-3)61-55(58)49-46-43-40-37-34-31-28-26-23-20-17-14-11-8-5-2/h17,20-21,24,26,28,52H,4-16,18-19,22-23,25,27,29-51H2,1-3H3/b20-17-,24-21-,28-26-/t52-/m1/s1. The lowest BCUT2D eigenvalue weighted by atomic mass is 10.0. The molecule has 6 nitrogen and oxygen atoms in total. The molecule has 0 aliphatic carbocycles. The fourth-order valence-corrected chi connectivity index (χ4v) is 7.59. The van der Waals surface area contributed by atoms with Crippen LogP contribution in [0.25, 0.3) is 0 Å². The highest BCUT2D eigenvalue weighted by Crippen LogP contribution is 2.15. The summed E-state index contributed by atoms with van der Waals surface area (Å²) in [5.41, 5.74) is 0. The number of allylic oxidation sites excluding steroid dienone is 6. The van der Waals surface area contributed by atoms with E-state index in [1.807, 2.05) is 0 Å². The minimum absolute atomic E-state index is 0.0774. The zero-order valence-corrected chi connectivity index (χ0v) is 40.7. The van der Waals surface area contributed by atoms with E-state index in [4.69, 9.17) is 14.2 Å². The molecule has 0 aromatic carbocycles. The molecule has 0 heterocycles. The molecule has 0 N–H and O–H groups in total. The molecule has 0 aliphatic heterocycles. The van der Waals surface area contributed by atoms with E-state index >= 15 is 0 Å². The zero-order valence-electron chi connectivity index (χ0n) is 40.7. The highest BCUT2D eigenvalue weighted by atomic mass is 16.6. The van der Waals surface area contributed by atoms with E-state index < -0.39 is 6.10 Å². The predicted octanol–water partition coefficient (Wildman–Crippen LogP) is 17.3. The second kappa shape index (κ2) is 50.3. The third kappa shape index (κ3) is 48.5. The Bertz CT molecular complexity index is 1030. The number of rotatable bonds is 48. The van der Waals surface area contributed by atoms with Crippen molar-refractivity contribution < 1.29 is 28.6 Å². The van der Waals surface area contributed by atoms with Gasteiger partial charge in [0, 0.05) is 19.3 Å². The van der Waals surface area contributed by atoms with Crippen molar-refractivity contribution in [3.63, 3.8) is 0 Å². The Kier molecular flexibility index (Phi) is 48.3. The van der Waals surface area contributed by atoms with Crippen LogP contribution in [0.5, 0.6) is 0 Å². The number of hydrogen-bond donors (Lipinski definition) is 0. The maximum Gasteiger partial charge on any atom is 0.306 e. The van der Waals surface area contributed by atoms with Crippen LogP contribution in [0.4, 0.5) is 0 Å². The van der Waals surface area contributed by atoms with E-state index in [-0.39, 0.29) is 31.1 Å². The topological polar surface area (TPSA) is 78.9 Å². The first-order valence-electron chi connectivity index (χ1n) is 26.5. The summed E-state index contributed by atoms with van der Waals surface area (Å²) in [6.45, 7) is 6.60. The maximum atomic E-state index is 12.8. The molecule has 0 unspecified atom stereocenters. The molecular weight excluding hydrogens is 757 g/mol. The van der Waals surface area contributed by atoms with Crippen molar-refractivity contribution in [2.45, 2.75) is 284 Å². The molecule has 6 heteroatoms. The smallest absolute Gasteiger partial charge is 0.306 e. The van der Waals surface area contributed by atoms with Gasteiger partial charge in [-0.05, 0) is 77.0 Å². The summed E-state index contributed by atoms with van der Waals surface area (Å²) in [6, 6.07) is 0. The predicted molar refractivity (Wildman–Crippen MR) is 261 cm³/mol. The monoisotopic (exact) mass is 857 g/mol.